The van der Waals surface area contributed by atoms with Gasteiger partial charge >= 0.3 is 7.12 Å². The molecule has 0 saturated heterocycles. The van der Waals surface area contributed by atoms with Crippen LogP contribution in [-0.2, 0) is 11.3 Å². The van der Waals surface area contributed by atoms with Crippen molar-refractivity contribution < 1.29 is 9.68 Å². The third kappa shape index (κ3) is 4.02. The van der Waals surface area contributed by atoms with E-state index >= 15 is 0 Å². The van der Waals surface area contributed by atoms with Crippen LogP contribution < -0.4 is 15.9 Å². The summed E-state index contributed by atoms with van der Waals surface area (Å²) < 4.78 is 8.52. The van der Waals surface area contributed by atoms with Gasteiger partial charge in [0.15, 0.2) is 0 Å². The van der Waals surface area contributed by atoms with E-state index in [9.17, 15) is 5.02 Å². The van der Waals surface area contributed by atoms with Crippen LogP contribution in [0.5, 0.6) is 0 Å². The molecule has 4 nitrogen and oxygen atoms in total. The molecule has 2 aromatic carbocycles. The zero-order valence-corrected chi connectivity index (χ0v) is 14.8. The zero-order chi connectivity index (χ0) is 17.0. The molecular weight excluding hydrogens is 307 g/mol. The molecule has 0 radical (unpaired) electrons. The second kappa shape index (κ2) is 7.77. The van der Waals surface area contributed by atoms with E-state index in [1.54, 1.807) is 11.9 Å². The second-order valence-electron chi connectivity index (χ2n) is 5.26. The van der Waals surface area contributed by atoms with Gasteiger partial charge < -0.3 is 20.1 Å². The number of hydrogen-bond acceptors (Lipinski definition) is 5. The molecule has 0 aromatic heterocycles. The maximum Gasteiger partial charge on any atom is 0.491 e. The fourth-order valence-electron chi connectivity index (χ4n) is 2.53. The highest BCUT2D eigenvalue weighted by molar-refractivity contribution is 8.00. The lowest BCUT2D eigenvalue weighted by molar-refractivity contribution is 0.275. The lowest BCUT2D eigenvalue weighted by Gasteiger charge is -2.12. The Morgan fingerprint density at radius 3 is 2.48 bits per heavy atom. The number of anilines is 2. The molecule has 0 spiro atoms. The molecule has 0 atom stereocenters. The summed E-state index contributed by atoms with van der Waals surface area (Å²) in [4.78, 5) is 1.17. The Morgan fingerprint density at radius 1 is 1.17 bits per heavy atom. The highest BCUT2D eigenvalue weighted by atomic mass is 32.2. The lowest BCUT2D eigenvalue weighted by Crippen LogP contribution is -2.28. The third-order valence-electron chi connectivity index (χ3n) is 3.56. The molecule has 122 valence electrons. The summed E-state index contributed by atoms with van der Waals surface area (Å²) in [6, 6.07) is 9.85. The third-order valence-corrected chi connectivity index (χ3v) is 4.75. The number of nitrogen functional groups attached to an aromatic ring is 1. The highest BCUT2D eigenvalue weighted by Crippen LogP contribution is 2.29. The van der Waals surface area contributed by atoms with Gasteiger partial charge in [-0.2, -0.15) is 0 Å². The van der Waals surface area contributed by atoms with Crippen molar-refractivity contribution in [3.05, 3.63) is 47.0 Å². The van der Waals surface area contributed by atoms with Crippen molar-refractivity contribution in [1.82, 2.24) is 0 Å². The Morgan fingerprint density at radius 2 is 1.83 bits per heavy atom. The van der Waals surface area contributed by atoms with E-state index in [4.69, 9.17) is 10.4 Å². The van der Waals surface area contributed by atoms with Gasteiger partial charge in [-0.25, -0.2) is 0 Å². The van der Waals surface area contributed by atoms with Crippen molar-refractivity contribution in [2.45, 2.75) is 39.2 Å². The predicted octanol–water partition coefficient (Wildman–Crippen LogP) is 3.25. The van der Waals surface area contributed by atoms with E-state index in [1.165, 1.54) is 4.90 Å². The Balaban J connectivity index is 0.000000924. The lowest BCUT2D eigenvalue weighted by atomic mass is 9.79. The number of fused-ring (bicyclic) bond motifs is 1. The first-order valence-corrected chi connectivity index (χ1v) is 8.58. The van der Waals surface area contributed by atoms with Crippen molar-refractivity contribution in [3.8, 4) is 0 Å². The standard InChI is InChI=1S/C15H17BN2O2S.C2H6/c1-9-5-12(17)6-10(2)15(9)21-18-13-4-3-11-8-20-16(19)14(11)7-13;1-2/h3-7,18-19H,8,17H2,1-2H3;1-2H3. The molecule has 0 amide bonds. The van der Waals surface area contributed by atoms with Crippen LogP contribution in [0, 0.1) is 13.8 Å². The van der Waals surface area contributed by atoms with Gasteiger partial charge in [0.2, 0.25) is 0 Å². The Kier molecular flexibility index (Phi) is 5.99. The molecule has 6 heteroatoms. The minimum atomic E-state index is -0.813. The number of rotatable bonds is 3. The second-order valence-corrected chi connectivity index (χ2v) is 6.08. The molecule has 23 heavy (non-hydrogen) atoms. The monoisotopic (exact) mass is 330 g/mol. The van der Waals surface area contributed by atoms with Crippen LogP contribution in [0.3, 0.4) is 0 Å². The summed E-state index contributed by atoms with van der Waals surface area (Å²) in [7, 11) is -0.813. The van der Waals surface area contributed by atoms with E-state index in [1.807, 2.05) is 58.0 Å². The fourth-order valence-corrected chi connectivity index (χ4v) is 3.32. The first-order chi connectivity index (χ1) is 11.0. The number of aryl methyl sites for hydroxylation is 2. The molecule has 3 rings (SSSR count). The molecule has 1 aliphatic heterocycles. The summed E-state index contributed by atoms with van der Waals surface area (Å²) in [5.41, 5.74) is 11.7. The van der Waals surface area contributed by atoms with Crippen LogP contribution >= 0.6 is 11.9 Å². The molecular formula is C17H23BN2O2S. The number of nitrogens with one attached hydrogen (secondary N) is 1. The Labute approximate surface area is 142 Å². The van der Waals surface area contributed by atoms with Crippen LogP contribution in [0.4, 0.5) is 11.4 Å². The molecule has 0 saturated carbocycles. The first kappa shape index (κ1) is 17.7. The maximum absolute atomic E-state index is 9.74. The minimum absolute atomic E-state index is 0.472. The number of hydrogen-bond donors (Lipinski definition) is 3. The van der Waals surface area contributed by atoms with E-state index in [2.05, 4.69) is 4.72 Å². The van der Waals surface area contributed by atoms with E-state index in [0.29, 0.717) is 6.61 Å². The highest BCUT2D eigenvalue weighted by Gasteiger charge is 2.27. The van der Waals surface area contributed by atoms with Crippen LogP contribution in [0.25, 0.3) is 0 Å². The summed E-state index contributed by atoms with van der Waals surface area (Å²) in [5, 5.41) is 9.74. The van der Waals surface area contributed by atoms with Crippen molar-refractivity contribution in [1.29, 1.82) is 0 Å². The Hall–Kier alpha value is -1.63. The molecule has 0 aliphatic carbocycles. The normalized spacial score (nSPS) is 12.5. The molecule has 0 fully saturated rings. The van der Waals surface area contributed by atoms with Crippen LogP contribution in [0.1, 0.15) is 30.5 Å². The summed E-state index contributed by atoms with van der Waals surface area (Å²) in [6.45, 7) is 8.57. The quantitative estimate of drug-likeness (QED) is 0.458. The van der Waals surface area contributed by atoms with Crippen molar-refractivity contribution >= 4 is 35.9 Å². The zero-order valence-electron chi connectivity index (χ0n) is 14.0. The molecule has 0 bridgehead atoms. The largest absolute Gasteiger partial charge is 0.491 e. The van der Waals surface area contributed by atoms with Crippen LogP contribution in [0.2, 0.25) is 0 Å². The van der Waals surface area contributed by atoms with Gasteiger partial charge in [0.1, 0.15) is 0 Å². The topological polar surface area (TPSA) is 67.5 Å². The van der Waals surface area contributed by atoms with Crippen molar-refractivity contribution in [2.24, 2.45) is 0 Å². The number of benzene rings is 2. The molecule has 2 aromatic rings. The average molecular weight is 330 g/mol. The Bertz CT molecular complexity index is 671. The van der Waals surface area contributed by atoms with Crippen LogP contribution in [0.15, 0.2) is 35.2 Å². The van der Waals surface area contributed by atoms with Gasteiger partial charge in [0.05, 0.1) is 6.61 Å². The number of nitrogens with two attached hydrogens (primary N) is 1. The van der Waals surface area contributed by atoms with Gasteiger partial charge in [0, 0.05) is 16.3 Å². The van der Waals surface area contributed by atoms with E-state index in [-0.39, 0.29) is 0 Å². The minimum Gasteiger partial charge on any atom is -0.423 e. The van der Waals surface area contributed by atoms with Gasteiger partial charge in [-0.3, -0.25) is 0 Å². The van der Waals surface area contributed by atoms with Crippen molar-refractivity contribution in [3.63, 3.8) is 0 Å². The fraction of sp³-hybridized carbons (Fsp3) is 0.294. The molecule has 1 aliphatic rings. The SMILES string of the molecule is CC.Cc1cc(N)cc(C)c1SNc1ccc2c(c1)B(O)OC2. The molecule has 1 heterocycles. The summed E-state index contributed by atoms with van der Waals surface area (Å²) in [6.07, 6.45) is 0. The van der Waals surface area contributed by atoms with Crippen LogP contribution in [-0.4, -0.2) is 12.1 Å². The van der Waals surface area contributed by atoms with Gasteiger partial charge in [-0.15, -0.1) is 0 Å². The smallest absolute Gasteiger partial charge is 0.423 e. The average Bonchev–Trinajstić information content (AvgIpc) is 2.89. The molecule has 0 unspecified atom stereocenters. The van der Waals surface area contributed by atoms with Gasteiger partial charge in [-0.1, -0.05) is 19.9 Å². The van der Waals surface area contributed by atoms with Gasteiger partial charge in [-0.05, 0) is 72.2 Å². The summed E-state index contributed by atoms with van der Waals surface area (Å²) >= 11 is 1.55. The first-order valence-electron chi connectivity index (χ1n) is 7.76. The van der Waals surface area contributed by atoms with Crippen molar-refractivity contribution in [2.75, 3.05) is 10.5 Å². The predicted molar refractivity (Wildman–Crippen MR) is 100.0 cm³/mol. The van der Waals surface area contributed by atoms with E-state index in [0.717, 1.165) is 33.5 Å². The van der Waals surface area contributed by atoms with E-state index < -0.39 is 7.12 Å². The maximum atomic E-state index is 9.74. The summed E-state index contributed by atoms with van der Waals surface area (Å²) in [5.74, 6) is 0. The molecule has 4 N–H and O–H groups in total. The van der Waals surface area contributed by atoms with Gasteiger partial charge in [0.25, 0.3) is 0 Å².